The molecule has 1 fully saturated rings. The van der Waals surface area contributed by atoms with Crippen LogP contribution in [0, 0.1) is 5.92 Å². The van der Waals surface area contributed by atoms with Crippen molar-refractivity contribution in [3.63, 3.8) is 0 Å². The predicted molar refractivity (Wildman–Crippen MR) is 86.6 cm³/mol. The highest BCUT2D eigenvalue weighted by Gasteiger charge is 2.41. The van der Waals surface area contributed by atoms with Gasteiger partial charge in [-0.3, -0.25) is 4.90 Å². The van der Waals surface area contributed by atoms with E-state index in [1.54, 1.807) is 0 Å². The predicted octanol–water partition coefficient (Wildman–Crippen LogP) is 3.76. The van der Waals surface area contributed by atoms with Crippen molar-refractivity contribution in [3.05, 3.63) is 35.9 Å². The van der Waals surface area contributed by atoms with Crippen LogP contribution in [-0.4, -0.2) is 24.0 Å². The van der Waals surface area contributed by atoms with Crippen molar-refractivity contribution < 1.29 is 0 Å². The molecule has 2 rings (SSSR count). The monoisotopic (exact) mass is 274 g/mol. The van der Waals surface area contributed by atoms with E-state index in [0.29, 0.717) is 12.0 Å². The molecule has 2 unspecified atom stereocenters. The molecule has 112 valence electrons. The highest BCUT2D eigenvalue weighted by molar-refractivity contribution is 5.27. The minimum atomic E-state index is -0.257. The van der Waals surface area contributed by atoms with E-state index in [9.17, 15) is 0 Å². The van der Waals surface area contributed by atoms with Crippen molar-refractivity contribution in [2.45, 2.75) is 58.0 Å². The quantitative estimate of drug-likeness (QED) is 0.886. The van der Waals surface area contributed by atoms with Crippen LogP contribution in [0.15, 0.2) is 30.3 Å². The van der Waals surface area contributed by atoms with E-state index in [2.05, 4.69) is 56.0 Å². The van der Waals surface area contributed by atoms with Crippen LogP contribution >= 0.6 is 0 Å². The topological polar surface area (TPSA) is 29.3 Å². The molecular weight excluding hydrogens is 244 g/mol. The Hall–Kier alpha value is -0.860. The number of likely N-dealkylation sites (tertiary alicyclic amines) is 1. The molecule has 0 aromatic heterocycles. The fraction of sp³-hybridized carbons (Fsp3) is 0.667. The Balaban J connectivity index is 2.34. The van der Waals surface area contributed by atoms with E-state index in [0.717, 1.165) is 6.42 Å². The average Bonchev–Trinajstić information content (AvgIpc) is 2.49. The first-order valence-electron chi connectivity index (χ1n) is 8.19. The molecule has 0 spiro atoms. The lowest BCUT2D eigenvalue weighted by Gasteiger charge is -2.48. The van der Waals surface area contributed by atoms with E-state index >= 15 is 0 Å². The SMILES string of the molecule is CCC(N1CCCCC1)C(N)(c1ccccc1)C(C)C. The van der Waals surface area contributed by atoms with Gasteiger partial charge in [0.25, 0.3) is 0 Å². The lowest BCUT2D eigenvalue weighted by molar-refractivity contribution is 0.0675. The van der Waals surface area contributed by atoms with Crippen LogP contribution in [0.1, 0.15) is 52.0 Å². The number of nitrogens with two attached hydrogens (primary N) is 1. The fourth-order valence-electron chi connectivity index (χ4n) is 3.77. The lowest BCUT2D eigenvalue weighted by Crippen LogP contribution is -2.59. The number of piperidine rings is 1. The first kappa shape index (κ1) is 15.5. The summed E-state index contributed by atoms with van der Waals surface area (Å²) in [5.41, 5.74) is 8.03. The van der Waals surface area contributed by atoms with Gasteiger partial charge in [-0.05, 0) is 43.8 Å². The number of benzene rings is 1. The molecule has 2 N–H and O–H groups in total. The number of rotatable bonds is 5. The number of hydrogen-bond donors (Lipinski definition) is 1. The van der Waals surface area contributed by atoms with Gasteiger partial charge in [-0.2, -0.15) is 0 Å². The molecule has 1 aromatic rings. The molecule has 1 heterocycles. The molecule has 0 saturated carbocycles. The maximum atomic E-state index is 7.01. The van der Waals surface area contributed by atoms with Gasteiger partial charge in [-0.25, -0.2) is 0 Å². The van der Waals surface area contributed by atoms with E-state index in [1.165, 1.54) is 37.9 Å². The second-order valence-corrected chi connectivity index (χ2v) is 6.47. The molecule has 2 heteroatoms. The second-order valence-electron chi connectivity index (χ2n) is 6.47. The highest BCUT2D eigenvalue weighted by atomic mass is 15.2. The van der Waals surface area contributed by atoms with Crippen LogP contribution < -0.4 is 5.73 Å². The summed E-state index contributed by atoms with van der Waals surface area (Å²) in [6.45, 7) is 9.22. The highest BCUT2D eigenvalue weighted by Crippen LogP contribution is 2.35. The zero-order valence-corrected chi connectivity index (χ0v) is 13.3. The Kier molecular flexibility index (Phi) is 5.22. The summed E-state index contributed by atoms with van der Waals surface area (Å²) < 4.78 is 0. The fourth-order valence-corrected chi connectivity index (χ4v) is 3.77. The van der Waals surface area contributed by atoms with Crippen molar-refractivity contribution in [2.75, 3.05) is 13.1 Å². The van der Waals surface area contributed by atoms with Crippen LogP contribution in [0.25, 0.3) is 0 Å². The van der Waals surface area contributed by atoms with E-state index in [4.69, 9.17) is 5.73 Å². The van der Waals surface area contributed by atoms with E-state index < -0.39 is 0 Å². The van der Waals surface area contributed by atoms with Gasteiger partial charge in [0.15, 0.2) is 0 Å². The average molecular weight is 274 g/mol. The molecule has 0 aliphatic carbocycles. The Bertz CT molecular complexity index is 395. The number of nitrogens with zero attached hydrogens (tertiary/aromatic N) is 1. The zero-order chi connectivity index (χ0) is 14.6. The van der Waals surface area contributed by atoms with E-state index in [1.807, 2.05) is 0 Å². The maximum absolute atomic E-state index is 7.01. The van der Waals surface area contributed by atoms with Gasteiger partial charge in [-0.15, -0.1) is 0 Å². The summed E-state index contributed by atoms with van der Waals surface area (Å²) >= 11 is 0. The zero-order valence-electron chi connectivity index (χ0n) is 13.3. The smallest absolute Gasteiger partial charge is 0.0590 e. The molecule has 1 aromatic carbocycles. The largest absolute Gasteiger partial charge is 0.320 e. The van der Waals surface area contributed by atoms with Crippen molar-refractivity contribution in [2.24, 2.45) is 11.7 Å². The van der Waals surface area contributed by atoms with Crippen molar-refractivity contribution >= 4 is 0 Å². The molecule has 2 atom stereocenters. The Morgan fingerprint density at radius 1 is 1.10 bits per heavy atom. The summed E-state index contributed by atoms with van der Waals surface area (Å²) in [6.07, 6.45) is 5.13. The molecule has 1 aliphatic rings. The van der Waals surface area contributed by atoms with Gasteiger partial charge in [0.2, 0.25) is 0 Å². The Morgan fingerprint density at radius 2 is 1.70 bits per heavy atom. The summed E-state index contributed by atoms with van der Waals surface area (Å²) in [7, 11) is 0. The summed E-state index contributed by atoms with van der Waals surface area (Å²) in [4.78, 5) is 2.64. The third kappa shape index (κ3) is 2.91. The summed E-state index contributed by atoms with van der Waals surface area (Å²) in [5.74, 6) is 0.428. The van der Waals surface area contributed by atoms with Crippen LogP contribution in [0.4, 0.5) is 0 Å². The summed E-state index contributed by atoms with van der Waals surface area (Å²) in [6, 6.07) is 11.1. The van der Waals surface area contributed by atoms with Gasteiger partial charge >= 0.3 is 0 Å². The standard InChI is InChI=1S/C18H30N2/c1-4-17(20-13-9-6-10-14-20)18(19,15(2)3)16-11-7-5-8-12-16/h5,7-8,11-12,15,17H,4,6,9-10,13-14,19H2,1-3H3. The molecule has 0 bridgehead atoms. The second kappa shape index (κ2) is 6.73. The lowest BCUT2D eigenvalue weighted by atomic mass is 9.73. The molecule has 0 radical (unpaired) electrons. The third-order valence-electron chi connectivity index (χ3n) is 5.00. The molecule has 2 nitrogen and oxygen atoms in total. The van der Waals surface area contributed by atoms with E-state index in [-0.39, 0.29) is 5.54 Å². The first-order valence-corrected chi connectivity index (χ1v) is 8.19. The normalized spacial score (nSPS) is 21.6. The Morgan fingerprint density at radius 3 is 2.20 bits per heavy atom. The minimum Gasteiger partial charge on any atom is -0.320 e. The summed E-state index contributed by atoms with van der Waals surface area (Å²) in [5, 5.41) is 0. The molecule has 20 heavy (non-hydrogen) atoms. The van der Waals surface area contributed by atoms with Crippen LogP contribution in [-0.2, 0) is 5.54 Å². The van der Waals surface area contributed by atoms with Crippen LogP contribution in [0.5, 0.6) is 0 Å². The minimum absolute atomic E-state index is 0.257. The first-order chi connectivity index (χ1) is 9.60. The Labute approximate surface area is 124 Å². The third-order valence-corrected chi connectivity index (χ3v) is 5.00. The maximum Gasteiger partial charge on any atom is 0.0590 e. The van der Waals surface area contributed by atoms with Crippen LogP contribution in [0.3, 0.4) is 0 Å². The van der Waals surface area contributed by atoms with Gasteiger partial charge in [0, 0.05) is 6.04 Å². The van der Waals surface area contributed by atoms with Gasteiger partial charge in [-0.1, -0.05) is 57.5 Å². The van der Waals surface area contributed by atoms with Crippen LogP contribution in [0.2, 0.25) is 0 Å². The van der Waals surface area contributed by atoms with Gasteiger partial charge in [0.1, 0.15) is 0 Å². The number of hydrogen-bond acceptors (Lipinski definition) is 2. The molecule has 1 saturated heterocycles. The van der Waals surface area contributed by atoms with Crippen molar-refractivity contribution in [1.29, 1.82) is 0 Å². The molecular formula is C18H30N2. The van der Waals surface area contributed by atoms with Gasteiger partial charge < -0.3 is 5.73 Å². The van der Waals surface area contributed by atoms with Crippen molar-refractivity contribution in [3.8, 4) is 0 Å². The van der Waals surface area contributed by atoms with Crippen molar-refractivity contribution in [1.82, 2.24) is 4.90 Å². The van der Waals surface area contributed by atoms with Gasteiger partial charge in [0.05, 0.1) is 5.54 Å². The molecule has 0 amide bonds. The molecule has 1 aliphatic heterocycles.